The first-order chi connectivity index (χ1) is 11.9. The van der Waals surface area contributed by atoms with Crippen LogP contribution < -0.4 is 15.2 Å². The van der Waals surface area contributed by atoms with Crippen LogP contribution in [0.5, 0.6) is 11.5 Å². The molecule has 1 aromatic carbocycles. The topological polar surface area (TPSA) is 77.7 Å². The van der Waals surface area contributed by atoms with Crippen molar-refractivity contribution in [1.29, 1.82) is 0 Å². The smallest absolute Gasteiger partial charge is 0.231 e. The molecule has 0 saturated heterocycles. The number of carbonyl (C=O) groups is 1. The molecule has 2 aromatic rings. The number of fused-ring (bicyclic) bond motifs is 1. The molecule has 25 heavy (non-hydrogen) atoms. The van der Waals surface area contributed by atoms with E-state index in [1.165, 1.54) is 11.3 Å². The molecule has 0 fully saturated rings. The van der Waals surface area contributed by atoms with Gasteiger partial charge in [-0.3, -0.25) is 4.79 Å². The minimum Gasteiger partial charge on any atom is -0.454 e. The van der Waals surface area contributed by atoms with Crippen LogP contribution in [0.4, 0.5) is 0 Å². The largest absolute Gasteiger partial charge is 0.454 e. The third-order valence-electron chi connectivity index (χ3n) is 4.15. The summed E-state index contributed by atoms with van der Waals surface area (Å²) in [6.45, 7) is 5.52. The molecule has 3 rings (SSSR count). The van der Waals surface area contributed by atoms with Crippen molar-refractivity contribution in [2.75, 3.05) is 26.9 Å². The fourth-order valence-corrected chi connectivity index (χ4v) is 3.45. The first-order valence-electron chi connectivity index (χ1n) is 8.16. The number of nitrogens with zero attached hydrogens (tertiary/aromatic N) is 2. The molecule has 1 amide bonds. The summed E-state index contributed by atoms with van der Waals surface area (Å²) in [5.74, 6) is 1.53. The van der Waals surface area contributed by atoms with Crippen molar-refractivity contribution >= 4 is 17.2 Å². The summed E-state index contributed by atoms with van der Waals surface area (Å²) in [6, 6.07) is 5.75. The van der Waals surface area contributed by atoms with Gasteiger partial charge in [0.25, 0.3) is 0 Å². The number of ether oxygens (including phenoxy) is 2. The standard InChI is InChI=1S/C18H23N3O3S/c1-18(2,9-19)10-21(3)16(22)7-13-8-25-17(20-13)12-4-5-14-15(6-12)24-11-23-14/h4-6,8H,7,9-11,19H2,1-3H3. The number of rotatable bonds is 6. The maximum Gasteiger partial charge on any atom is 0.231 e. The van der Waals surface area contributed by atoms with Crippen LogP contribution in [-0.4, -0.2) is 42.7 Å². The summed E-state index contributed by atoms with van der Waals surface area (Å²) >= 11 is 1.52. The van der Waals surface area contributed by atoms with Gasteiger partial charge in [0, 0.05) is 24.5 Å². The highest BCUT2D eigenvalue weighted by Gasteiger charge is 2.22. The van der Waals surface area contributed by atoms with E-state index in [2.05, 4.69) is 18.8 Å². The molecule has 0 aliphatic carbocycles. The van der Waals surface area contributed by atoms with Crippen LogP contribution in [0, 0.1) is 5.41 Å². The molecule has 0 saturated carbocycles. The Morgan fingerprint density at radius 3 is 2.88 bits per heavy atom. The van der Waals surface area contributed by atoms with E-state index in [1.807, 2.05) is 30.6 Å². The first-order valence-corrected chi connectivity index (χ1v) is 9.04. The normalized spacial score (nSPS) is 13.1. The molecular weight excluding hydrogens is 338 g/mol. The highest BCUT2D eigenvalue weighted by Crippen LogP contribution is 2.36. The Balaban J connectivity index is 1.66. The van der Waals surface area contributed by atoms with E-state index in [0.717, 1.165) is 27.8 Å². The predicted molar refractivity (Wildman–Crippen MR) is 97.8 cm³/mol. The highest BCUT2D eigenvalue weighted by atomic mass is 32.1. The Bertz CT molecular complexity index is 773. The average molecular weight is 361 g/mol. The second-order valence-electron chi connectivity index (χ2n) is 7.01. The Morgan fingerprint density at radius 2 is 2.12 bits per heavy atom. The fraction of sp³-hybridized carbons (Fsp3) is 0.444. The summed E-state index contributed by atoms with van der Waals surface area (Å²) < 4.78 is 10.7. The molecule has 1 aliphatic heterocycles. The number of amides is 1. The Morgan fingerprint density at radius 1 is 1.36 bits per heavy atom. The number of benzene rings is 1. The zero-order valence-electron chi connectivity index (χ0n) is 14.7. The third kappa shape index (κ3) is 4.11. The molecule has 0 spiro atoms. The Labute approximate surface area is 151 Å². The van der Waals surface area contributed by atoms with Gasteiger partial charge in [-0.15, -0.1) is 11.3 Å². The number of hydrogen-bond acceptors (Lipinski definition) is 6. The number of nitrogens with two attached hydrogens (primary N) is 1. The summed E-state index contributed by atoms with van der Waals surface area (Å²) in [5.41, 5.74) is 7.39. The first kappa shape index (κ1) is 17.7. The van der Waals surface area contributed by atoms with E-state index in [0.29, 0.717) is 13.1 Å². The Hall–Kier alpha value is -2.12. The van der Waals surface area contributed by atoms with Crippen molar-refractivity contribution in [3.05, 3.63) is 29.3 Å². The quantitative estimate of drug-likeness (QED) is 0.855. The molecule has 0 bridgehead atoms. The third-order valence-corrected chi connectivity index (χ3v) is 5.09. The molecule has 0 unspecified atom stereocenters. The van der Waals surface area contributed by atoms with Crippen molar-refractivity contribution in [2.24, 2.45) is 11.1 Å². The van der Waals surface area contributed by atoms with E-state index < -0.39 is 0 Å². The number of aromatic nitrogens is 1. The summed E-state index contributed by atoms with van der Waals surface area (Å²) in [4.78, 5) is 18.7. The lowest BCUT2D eigenvalue weighted by atomic mass is 9.93. The van der Waals surface area contributed by atoms with E-state index >= 15 is 0 Å². The lowest BCUT2D eigenvalue weighted by molar-refractivity contribution is -0.130. The van der Waals surface area contributed by atoms with E-state index in [1.54, 1.807) is 4.90 Å². The van der Waals surface area contributed by atoms with E-state index in [-0.39, 0.29) is 24.5 Å². The minimum absolute atomic E-state index is 0.0454. The highest BCUT2D eigenvalue weighted by molar-refractivity contribution is 7.13. The lowest BCUT2D eigenvalue weighted by Gasteiger charge is -2.28. The molecule has 0 radical (unpaired) electrons. The minimum atomic E-state index is -0.0931. The van der Waals surface area contributed by atoms with Crippen LogP contribution in [-0.2, 0) is 11.2 Å². The second-order valence-corrected chi connectivity index (χ2v) is 7.87. The molecule has 2 heterocycles. The Kier molecular flexibility index (Phi) is 4.96. The maximum absolute atomic E-state index is 12.4. The van der Waals surface area contributed by atoms with Crippen molar-refractivity contribution in [3.8, 4) is 22.1 Å². The number of hydrogen-bond donors (Lipinski definition) is 1. The monoisotopic (exact) mass is 361 g/mol. The lowest BCUT2D eigenvalue weighted by Crippen LogP contribution is -2.40. The fourth-order valence-electron chi connectivity index (χ4n) is 2.63. The van der Waals surface area contributed by atoms with Crippen LogP contribution in [0.15, 0.2) is 23.6 Å². The zero-order valence-corrected chi connectivity index (χ0v) is 15.6. The predicted octanol–water partition coefficient (Wildman–Crippen LogP) is 2.52. The van der Waals surface area contributed by atoms with E-state index in [9.17, 15) is 4.79 Å². The molecule has 0 atom stereocenters. The molecular formula is C18H23N3O3S. The van der Waals surface area contributed by atoms with Crippen molar-refractivity contribution in [1.82, 2.24) is 9.88 Å². The van der Waals surface area contributed by atoms with Crippen molar-refractivity contribution in [2.45, 2.75) is 20.3 Å². The summed E-state index contributed by atoms with van der Waals surface area (Å²) in [6.07, 6.45) is 0.290. The maximum atomic E-state index is 12.4. The van der Waals surface area contributed by atoms with Crippen LogP contribution >= 0.6 is 11.3 Å². The van der Waals surface area contributed by atoms with Gasteiger partial charge in [-0.1, -0.05) is 13.8 Å². The van der Waals surface area contributed by atoms with Gasteiger partial charge in [0.2, 0.25) is 12.7 Å². The molecule has 1 aromatic heterocycles. The van der Waals surface area contributed by atoms with Gasteiger partial charge >= 0.3 is 0 Å². The van der Waals surface area contributed by atoms with Crippen molar-refractivity contribution < 1.29 is 14.3 Å². The zero-order chi connectivity index (χ0) is 18.0. The summed E-state index contributed by atoms with van der Waals surface area (Å²) in [7, 11) is 1.81. The van der Waals surface area contributed by atoms with Gasteiger partial charge in [-0.2, -0.15) is 0 Å². The van der Waals surface area contributed by atoms with Crippen LogP contribution in [0.2, 0.25) is 0 Å². The number of thiazole rings is 1. The molecule has 134 valence electrons. The molecule has 6 nitrogen and oxygen atoms in total. The molecule has 7 heteroatoms. The van der Waals surface area contributed by atoms with Gasteiger partial charge in [0.1, 0.15) is 5.01 Å². The van der Waals surface area contributed by atoms with Crippen LogP contribution in [0.3, 0.4) is 0 Å². The molecule has 2 N–H and O–H groups in total. The second kappa shape index (κ2) is 7.01. The average Bonchev–Trinajstić information content (AvgIpc) is 3.22. The van der Waals surface area contributed by atoms with Crippen molar-refractivity contribution in [3.63, 3.8) is 0 Å². The van der Waals surface area contributed by atoms with E-state index in [4.69, 9.17) is 15.2 Å². The van der Waals surface area contributed by atoms with Gasteiger partial charge in [0.15, 0.2) is 11.5 Å². The number of carbonyl (C=O) groups excluding carboxylic acids is 1. The summed E-state index contributed by atoms with van der Waals surface area (Å²) in [5, 5.41) is 2.80. The van der Waals surface area contributed by atoms with Gasteiger partial charge < -0.3 is 20.1 Å². The van der Waals surface area contributed by atoms with Gasteiger partial charge in [-0.25, -0.2) is 4.98 Å². The van der Waals surface area contributed by atoms with Crippen LogP contribution in [0.1, 0.15) is 19.5 Å². The van der Waals surface area contributed by atoms with Gasteiger partial charge in [0.05, 0.1) is 12.1 Å². The number of likely N-dealkylation sites (N-methyl/N-ethyl adjacent to an activating group) is 1. The SMILES string of the molecule is CN(CC(C)(C)CN)C(=O)Cc1csc(-c2ccc3c(c2)OCO3)n1. The molecule has 1 aliphatic rings. The van der Waals surface area contributed by atoms with Gasteiger partial charge in [-0.05, 0) is 30.2 Å². The van der Waals surface area contributed by atoms with Crippen LogP contribution in [0.25, 0.3) is 10.6 Å².